The van der Waals surface area contributed by atoms with Gasteiger partial charge in [-0.25, -0.2) is 9.97 Å². The van der Waals surface area contributed by atoms with Gasteiger partial charge in [0.25, 0.3) is 0 Å². The Morgan fingerprint density at radius 1 is 1.14 bits per heavy atom. The zero-order valence-corrected chi connectivity index (χ0v) is 8.20. The average molecular weight is 184 g/mol. The first kappa shape index (κ1) is 7.92. The predicted molar refractivity (Wildman–Crippen MR) is 56.3 cm³/mol. The number of fused-ring (bicyclic) bond motifs is 2. The number of benzene rings is 1. The molecule has 3 rings (SSSR count). The van der Waals surface area contributed by atoms with Crippen molar-refractivity contribution in [3.8, 4) is 0 Å². The maximum absolute atomic E-state index is 4.67. The summed E-state index contributed by atoms with van der Waals surface area (Å²) in [4.78, 5) is 9.32. The highest BCUT2D eigenvalue weighted by molar-refractivity contribution is 5.74. The molecule has 1 aromatic heterocycles. The van der Waals surface area contributed by atoms with Crippen LogP contribution in [0.1, 0.15) is 30.7 Å². The van der Waals surface area contributed by atoms with E-state index >= 15 is 0 Å². The van der Waals surface area contributed by atoms with Gasteiger partial charge in [0.2, 0.25) is 0 Å². The molecule has 1 heterocycles. The molecule has 2 nitrogen and oxygen atoms in total. The van der Waals surface area contributed by atoms with E-state index in [1.165, 1.54) is 17.8 Å². The molecular weight excluding hydrogens is 172 g/mol. The van der Waals surface area contributed by atoms with Gasteiger partial charge in [-0.1, -0.05) is 19.1 Å². The number of nitrogens with zero attached hydrogens (tertiary/aromatic N) is 2. The monoisotopic (exact) mass is 184 g/mol. The summed E-state index contributed by atoms with van der Waals surface area (Å²) < 4.78 is 0. The largest absolute Gasteiger partial charge is 0.249 e. The summed E-state index contributed by atoms with van der Waals surface area (Å²) in [5, 5.41) is 0. The predicted octanol–water partition coefficient (Wildman–Crippen LogP) is 2.68. The van der Waals surface area contributed by atoms with Crippen molar-refractivity contribution in [3.63, 3.8) is 0 Å². The minimum absolute atomic E-state index is 0.585. The molecular formula is C12H12N2. The second-order valence-corrected chi connectivity index (χ2v) is 3.98. The summed E-state index contributed by atoms with van der Waals surface area (Å²) in [6, 6.07) is 8.10. The van der Waals surface area contributed by atoms with Crippen LogP contribution >= 0.6 is 0 Å². The van der Waals surface area contributed by atoms with Gasteiger partial charge in [-0.15, -0.1) is 0 Å². The fourth-order valence-corrected chi connectivity index (χ4v) is 2.12. The van der Waals surface area contributed by atoms with Crippen molar-refractivity contribution in [1.82, 2.24) is 9.97 Å². The van der Waals surface area contributed by atoms with Crippen molar-refractivity contribution in [1.29, 1.82) is 0 Å². The minimum Gasteiger partial charge on any atom is -0.249 e. The fraction of sp³-hybridized carbons (Fsp3) is 0.333. The number of hydrogen-bond donors (Lipinski definition) is 0. The zero-order chi connectivity index (χ0) is 9.54. The lowest BCUT2D eigenvalue weighted by Crippen LogP contribution is -1.95. The van der Waals surface area contributed by atoms with E-state index in [2.05, 4.69) is 16.9 Å². The molecule has 1 aliphatic rings. The molecule has 0 spiro atoms. The van der Waals surface area contributed by atoms with Crippen molar-refractivity contribution in [2.24, 2.45) is 0 Å². The average Bonchev–Trinajstić information content (AvgIpc) is 2.57. The summed E-state index contributed by atoms with van der Waals surface area (Å²) in [5.41, 5.74) is 4.47. The summed E-state index contributed by atoms with van der Waals surface area (Å²) in [6.07, 6.45) is 2.29. The van der Waals surface area contributed by atoms with Gasteiger partial charge in [-0.3, -0.25) is 0 Å². The molecule has 1 aromatic carbocycles. The van der Waals surface area contributed by atoms with Gasteiger partial charge in [0.1, 0.15) is 0 Å². The first-order chi connectivity index (χ1) is 6.84. The quantitative estimate of drug-likeness (QED) is 0.629. The van der Waals surface area contributed by atoms with Crippen molar-refractivity contribution in [2.75, 3.05) is 0 Å². The molecule has 2 aromatic rings. The Balaban J connectivity index is 2.33. The maximum atomic E-state index is 4.67. The van der Waals surface area contributed by atoms with Gasteiger partial charge >= 0.3 is 0 Å². The van der Waals surface area contributed by atoms with Crippen molar-refractivity contribution in [3.05, 3.63) is 35.7 Å². The van der Waals surface area contributed by atoms with Crippen LogP contribution in [0.3, 0.4) is 0 Å². The van der Waals surface area contributed by atoms with Gasteiger partial charge in [-0.05, 0) is 25.0 Å². The van der Waals surface area contributed by atoms with Gasteiger partial charge in [-0.2, -0.15) is 0 Å². The Kier molecular flexibility index (Phi) is 1.57. The SMILES string of the molecule is CC1CCc2nc3ccccc3nc21. The zero-order valence-electron chi connectivity index (χ0n) is 8.20. The van der Waals surface area contributed by atoms with Gasteiger partial charge in [0.05, 0.1) is 22.4 Å². The molecule has 0 radical (unpaired) electrons. The number of aryl methyl sites for hydroxylation is 1. The minimum atomic E-state index is 0.585. The molecule has 0 saturated heterocycles. The molecule has 1 atom stereocenters. The highest BCUT2D eigenvalue weighted by Crippen LogP contribution is 2.30. The third-order valence-electron chi connectivity index (χ3n) is 2.95. The van der Waals surface area contributed by atoms with Crippen LogP contribution in [0.4, 0.5) is 0 Å². The van der Waals surface area contributed by atoms with E-state index in [1.54, 1.807) is 0 Å². The van der Waals surface area contributed by atoms with E-state index < -0.39 is 0 Å². The highest BCUT2D eigenvalue weighted by atomic mass is 14.8. The van der Waals surface area contributed by atoms with Crippen molar-refractivity contribution in [2.45, 2.75) is 25.7 Å². The lowest BCUT2D eigenvalue weighted by Gasteiger charge is -2.04. The lowest BCUT2D eigenvalue weighted by atomic mass is 10.1. The summed E-state index contributed by atoms with van der Waals surface area (Å²) in [5.74, 6) is 0.585. The van der Waals surface area contributed by atoms with Crippen molar-refractivity contribution >= 4 is 11.0 Å². The molecule has 0 amide bonds. The van der Waals surface area contributed by atoms with E-state index in [-0.39, 0.29) is 0 Å². The van der Waals surface area contributed by atoms with E-state index in [1.807, 2.05) is 24.3 Å². The molecule has 70 valence electrons. The molecule has 0 N–H and O–H groups in total. The third-order valence-corrected chi connectivity index (χ3v) is 2.95. The summed E-state index contributed by atoms with van der Waals surface area (Å²) >= 11 is 0. The van der Waals surface area contributed by atoms with E-state index in [0.717, 1.165) is 17.5 Å². The number of rotatable bonds is 0. The number of para-hydroxylation sites is 2. The topological polar surface area (TPSA) is 25.8 Å². The molecule has 1 unspecified atom stereocenters. The van der Waals surface area contributed by atoms with Crippen LogP contribution < -0.4 is 0 Å². The second-order valence-electron chi connectivity index (χ2n) is 3.98. The molecule has 0 bridgehead atoms. The molecule has 0 fully saturated rings. The second kappa shape index (κ2) is 2.77. The Morgan fingerprint density at radius 3 is 2.64 bits per heavy atom. The molecule has 14 heavy (non-hydrogen) atoms. The van der Waals surface area contributed by atoms with Gasteiger partial charge in [0.15, 0.2) is 0 Å². The smallest absolute Gasteiger partial charge is 0.0890 e. The van der Waals surface area contributed by atoms with Crippen LogP contribution in [-0.4, -0.2) is 9.97 Å². The normalized spacial score (nSPS) is 19.9. The summed E-state index contributed by atoms with van der Waals surface area (Å²) in [7, 11) is 0. The Hall–Kier alpha value is -1.44. The van der Waals surface area contributed by atoms with Crippen LogP contribution in [0.2, 0.25) is 0 Å². The van der Waals surface area contributed by atoms with Crippen LogP contribution in [0.5, 0.6) is 0 Å². The summed E-state index contributed by atoms with van der Waals surface area (Å²) in [6.45, 7) is 2.23. The Bertz CT molecular complexity index is 491. The fourth-order valence-electron chi connectivity index (χ4n) is 2.12. The van der Waals surface area contributed by atoms with Gasteiger partial charge < -0.3 is 0 Å². The molecule has 0 aliphatic heterocycles. The number of aromatic nitrogens is 2. The van der Waals surface area contributed by atoms with Gasteiger partial charge in [0, 0.05) is 5.92 Å². The first-order valence-corrected chi connectivity index (χ1v) is 5.10. The van der Waals surface area contributed by atoms with Crippen molar-refractivity contribution < 1.29 is 0 Å². The van der Waals surface area contributed by atoms with E-state index in [0.29, 0.717) is 5.92 Å². The maximum Gasteiger partial charge on any atom is 0.0890 e. The van der Waals surface area contributed by atoms with Crippen LogP contribution in [0.25, 0.3) is 11.0 Å². The lowest BCUT2D eigenvalue weighted by molar-refractivity contribution is 0.732. The van der Waals surface area contributed by atoms with E-state index in [9.17, 15) is 0 Å². The molecule has 2 heteroatoms. The Morgan fingerprint density at radius 2 is 1.86 bits per heavy atom. The number of hydrogen-bond acceptors (Lipinski definition) is 2. The van der Waals surface area contributed by atoms with Crippen LogP contribution in [-0.2, 0) is 6.42 Å². The first-order valence-electron chi connectivity index (χ1n) is 5.10. The van der Waals surface area contributed by atoms with Crippen LogP contribution in [0, 0.1) is 0 Å². The molecule has 0 saturated carbocycles. The molecule has 1 aliphatic carbocycles. The standard InChI is InChI=1S/C12H12N2/c1-8-6-7-11-12(8)14-10-5-3-2-4-9(10)13-11/h2-5,8H,6-7H2,1H3. The van der Waals surface area contributed by atoms with E-state index in [4.69, 9.17) is 0 Å². The third kappa shape index (κ3) is 1.03. The highest BCUT2D eigenvalue weighted by Gasteiger charge is 2.21. The van der Waals surface area contributed by atoms with Crippen LogP contribution in [0.15, 0.2) is 24.3 Å². The Labute approximate surface area is 83.0 Å².